The summed E-state index contributed by atoms with van der Waals surface area (Å²) in [4.78, 5) is 32.0. The molecular weight excluding hydrogens is 412 g/mol. The van der Waals surface area contributed by atoms with Crippen LogP contribution in [0.2, 0.25) is 0 Å². The predicted octanol–water partition coefficient (Wildman–Crippen LogP) is 4.57. The second-order valence-corrected chi connectivity index (χ2v) is 9.57. The number of hydrogen-bond donors (Lipinski definition) is 0. The molecule has 0 radical (unpaired) electrons. The van der Waals surface area contributed by atoms with Crippen LogP contribution in [0.5, 0.6) is 0 Å². The summed E-state index contributed by atoms with van der Waals surface area (Å²) >= 11 is 0. The second kappa shape index (κ2) is 7.17. The van der Waals surface area contributed by atoms with Crippen LogP contribution in [0.1, 0.15) is 43.5 Å². The van der Waals surface area contributed by atoms with Crippen molar-refractivity contribution in [2.45, 2.75) is 39.2 Å². The third kappa shape index (κ3) is 3.04. The highest BCUT2D eigenvalue weighted by Crippen LogP contribution is 2.44. The van der Waals surface area contributed by atoms with Crippen molar-refractivity contribution in [3.63, 3.8) is 0 Å². The van der Waals surface area contributed by atoms with Crippen LogP contribution in [0.25, 0.3) is 22.4 Å². The average Bonchev–Trinajstić information content (AvgIpc) is 3.25. The fourth-order valence-electron chi connectivity index (χ4n) is 5.03. The zero-order chi connectivity index (χ0) is 23.7. The van der Waals surface area contributed by atoms with Crippen molar-refractivity contribution in [1.29, 1.82) is 0 Å². The molecule has 6 nitrogen and oxygen atoms in total. The average molecular weight is 441 g/mol. The van der Waals surface area contributed by atoms with Crippen LogP contribution in [-0.2, 0) is 17.3 Å². The van der Waals surface area contributed by atoms with Crippen LogP contribution < -0.4 is 10.5 Å². The number of hydrogen-bond acceptors (Lipinski definition) is 3. The van der Waals surface area contributed by atoms with Gasteiger partial charge in [0.25, 0.3) is 5.56 Å². The summed E-state index contributed by atoms with van der Waals surface area (Å²) in [6.07, 6.45) is 1.85. The molecule has 4 aromatic rings. The molecule has 0 spiro atoms. The van der Waals surface area contributed by atoms with Crippen LogP contribution in [0.3, 0.4) is 0 Å². The van der Waals surface area contributed by atoms with E-state index in [1.54, 1.807) is 16.5 Å². The van der Waals surface area contributed by atoms with Crippen LogP contribution in [0, 0.1) is 6.92 Å². The summed E-state index contributed by atoms with van der Waals surface area (Å²) in [6, 6.07) is 16.3. The maximum absolute atomic E-state index is 12.9. The van der Waals surface area contributed by atoms with Crippen molar-refractivity contribution in [1.82, 2.24) is 14.1 Å². The molecule has 3 heterocycles. The highest BCUT2D eigenvalue weighted by atomic mass is 16.2. The SMILES string of the molecule is Cc1cc(-c2nc3cc4c(cc3n2C(C)c2ccccc2)N(C)C(=O)C4(C)C)cn(C)c1=O. The Morgan fingerprint density at radius 3 is 2.36 bits per heavy atom. The summed E-state index contributed by atoms with van der Waals surface area (Å²) in [5.74, 6) is 0.886. The molecule has 2 aromatic carbocycles. The van der Waals surface area contributed by atoms with E-state index in [4.69, 9.17) is 4.98 Å². The first kappa shape index (κ1) is 21.2. The molecular formula is C27H28N4O2. The smallest absolute Gasteiger partial charge is 0.253 e. The minimum absolute atomic E-state index is 0.00258. The maximum atomic E-state index is 12.9. The van der Waals surface area contributed by atoms with E-state index in [1.165, 1.54) is 0 Å². The maximum Gasteiger partial charge on any atom is 0.253 e. The topological polar surface area (TPSA) is 60.1 Å². The number of likely N-dealkylation sites (N-methyl/N-ethyl adjacent to an activating group) is 1. The molecule has 2 aromatic heterocycles. The first-order valence-corrected chi connectivity index (χ1v) is 11.2. The Morgan fingerprint density at radius 1 is 1.00 bits per heavy atom. The number of nitrogens with zero attached hydrogens (tertiary/aromatic N) is 4. The normalized spacial score (nSPS) is 15.8. The van der Waals surface area contributed by atoms with Crippen molar-refractivity contribution in [3.05, 3.63) is 81.8 Å². The van der Waals surface area contributed by atoms with Gasteiger partial charge in [0.2, 0.25) is 5.91 Å². The number of imidazole rings is 1. The van der Waals surface area contributed by atoms with Gasteiger partial charge in [-0.25, -0.2) is 4.98 Å². The molecule has 1 aliphatic rings. The van der Waals surface area contributed by atoms with Gasteiger partial charge in [-0.05, 0) is 57.0 Å². The lowest BCUT2D eigenvalue weighted by atomic mass is 9.86. The lowest BCUT2D eigenvalue weighted by Gasteiger charge is -2.19. The highest BCUT2D eigenvalue weighted by molar-refractivity contribution is 6.09. The van der Waals surface area contributed by atoms with Crippen LogP contribution in [-0.4, -0.2) is 27.1 Å². The van der Waals surface area contributed by atoms with E-state index in [0.29, 0.717) is 5.56 Å². The molecule has 168 valence electrons. The van der Waals surface area contributed by atoms with E-state index in [-0.39, 0.29) is 17.5 Å². The van der Waals surface area contributed by atoms with Gasteiger partial charge < -0.3 is 14.0 Å². The highest BCUT2D eigenvalue weighted by Gasteiger charge is 2.43. The Bertz CT molecular complexity index is 1450. The summed E-state index contributed by atoms with van der Waals surface area (Å²) in [5.41, 5.74) is 5.82. The zero-order valence-corrected chi connectivity index (χ0v) is 19.9. The molecule has 0 aliphatic carbocycles. The summed E-state index contributed by atoms with van der Waals surface area (Å²) in [7, 11) is 3.60. The molecule has 5 rings (SSSR count). The number of carbonyl (C=O) groups excluding carboxylic acids is 1. The van der Waals surface area contributed by atoms with Crippen molar-refractivity contribution in [2.75, 3.05) is 11.9 Å². The third-order valence-corrected chi connectivity index (χ3v) is 6.97. The third-order valence-electron chi connectivity index (χ3n) is 6.97. The van der Waals surface area contributed by atoms with Crippen LogP contribution >= 0.6 is 0 Å². The van der Waals surface area contributed by atoms with Crippen LogP contribution in [0.15, 0.2) is 59.5 Å². The van der Waals surface area contributed by atoms with Gasteiger partial charge in [-0.3, -0.25) is 9.59 Å². The first-order valence-electron chi connectivity index (χ1n) is 11.2. The predicted molar refractivity (Wildman–Crippen MR) is 132 cm³/mol. The van der Waals surface area contributed by atoms with Crippen molar-refractivity contribution in [2.24, 2.45) is 7.05 Å². The minimum atomic E-state index is -0.597. The Balaban J connectivity index is 1.84. The molecule has 0 bridgehead atoms. The van der Waals surface area contributed by atoms with Crippen molar-refractivity contribution < 1.29 is 4.79 Å². The molecule has 1 unspecified atom stereocenters. The number of amides is 1. The number of carbonyl (C=O) groups is 1. The summed E-state index contributed by atoms with van der Waals surface area (Å²) in [5, 5.41) is 0. The fraction of sp³-hybridized carbons (Fsp3) is 0.296. The van der Waals surface area contributed by atoms with E-state index in [1.807, 2.05) is 58.3 Å². The fourth-order valence-corrected chi connectivity index (χ4v) is 5.03. The number of rotatable bonds is 3. The van der Waals surface area contributed by atoms with E-state index in [0.717, 1.165) is 39.2 Å². The largest absolute Gasteiger partial charge is 0.318 e. The van der Waals surface area contributed by atoms with E-state index in [2.05, 4.69) is 35.8 Å². The quantitative estimate of drug-likeness (QED) is 0.469. The van der Waals surface area contributed by atoms with E-state index < -0.39 is 5.41 Å². The van der Waals surface area contributed by atoms with E-state index in [9.17, 15) is 9.59 Å². The monoisotopic (exact) mass is 440 g/mol. The summed E-state index contributed by atoms with van der Waals surface area (Å²) in [6.45, 7) is 7.91. The molecule has 1 aliphatic heterocycles. The van der Waals surface area contributed by atoms with Gasteiger partial charge in [0.05, 0.1) is 22.5 Å². The number of fused-ring (bicyclic) bond motifs is 2. The van der Waals surface area contributed by atoms with Gasteiger partial charge in [-0.2, -0.15) is 0 Å². The van der Waals surface area contributed by atoms with Crippen molar-refractivity contribution >= 4 is 22.6 Å². The number of benzene rings is 2. The molecule has 33 heavy (non-hydrogen) atoms. The molecule has 0 saturated heterocycles. The Kier molecular flexibility index (Phi) is 4.60. The van der Waals surface area contributed by atoms with E-state index >= 15 is 0 Å². The van der Waals surface area contributed by atoms with Crippen molar-refractivity contribution in [3.8, 4) is 11.4 Å². The van der Waals surface area contributed by atoms with Gasteiger partial charge in [0.1, 0.15) is 5.82 Å². The molecule has 0 N–H and O–H groups in total. The number of pyridine rings is 1. The number of anilines is 1. The zero-order valence-electron chi connectivity index (χ0n) is 19.9. The standard InChI is InChI=1S/C27H28N4O2/c1-16-12-19(15-29(5)25(16)32)24-28-21-13-20-22(30(6)26(33)27(20,3)4)14-23(21)31(24)17(2)18-10-8-7-9-11-18/h7-15,17H,1-6H3. The van der Waals surface area contributed by atoms with Gasteiger partial charge in [-0.15, -0.1) is 0 Å². The Labute approximate surface area is 193 Å². The van der Waals surface area contributed by atoms with Crippen LogP contribution in [0.4, 0.5) is 5.69 Å². The minimum Gasteiger partial charge on any atom is -0.318 e. The number of aryl methyl sites for hydroxylation is 2. The lowest BCUT2D eigenvalue weighted by molar-refractivity contribution is -0.121. The molecule has 6 heteroatoms. The lowest BCUT2D eigenvalue weighted by Crippen LogP contribution is -2.33. The molecule has 1 atom stereocenters. The first-order chi connectivity index (χ1) is 15.6. The molecule has 0 saturated carbocycles. The summed E-state index contributed by atoms with van der Waals surface area (Å²) < 4.78 is 3.82. The second-order valence-electron chi connectivity index (χ2n) is 9.57. The van der Waals surface area contributed by atoms with Gasteiger partial charge in [-0.1, -0.05) is 30.3 Å². The Hall–Kier alpha value is -3.67. The van der Waals surface area contributed by atoms with Gasteiger partial charge in [0.15, 0.2) is 0 Å². The molecule has 0 fully saturated rings. The number of aromatic nitrogens is 3. The Morgan fingerprint density at radius 2 is 1.70 bits per heavy atom. The van der Waals surface area contributed by atoms with Gasteiger partial charge >= 0.3 is 0 Å². The van der Waals surface area contributed by atoms with Gasteiger partial charge in [0, 0.05) is 37.1 Å². The molecule has 1 amide bonds.